The molecule has 0 aliphatic carbocycles. The molecule has 0 radical (unpaired) electrons. The molecule has 1 aromatic carbocycles. The van der Waals surface area contributed by atoms with Crippen LogP contribution in [0.15, 0.2) is 24.3 Å². The summed E-state index contributed by atoms with van der Waals surface area (Å²) in [5, 5.41) is 8.63. The third-order valence-corrected chi connectivity index (χ3v) is 1.81. The van der Waals surface area contributed by atoms with E-state index in [1.165, 1.54) is 0 Å². The topological polar surface area (TPSA) is 33.0 Å². The van der Waals surface area contributed by atoms with Crippen molar-refractivity contribution in [2.24, 2.45) is 0 Å². The summed E-state index contributed by atoms with van der Waals surface area (Å²) in [5.41, 5.74) is 1.03. The summed E-state index contributed by atoms with van der Waals surface area (Å²) in [5.74, 6) is 0.778. The van der Waals surface area contributed by atoms with Gasteiger partial charge in [0.1, 0.15) is 5.75 Å². The van der Waals surface area contributed by atoms with Crippen molar-refractivity contribution in [1.29, 1.82) is 5.26 Å². The minimum atomic E-state index is -0.0455. The number of hydrogen-bond donors (Lipinski definition) is 0. The first-order valence-corrected chi connectivity index (χ1v) is 3.81. The Morgan fingerprint density at radius 1 is 1.33 bits per heavy atom. The van der Waals surface area contributed by atoms with Crippen LogP contribution < -0.4 is 4.74 Å². The van der Waals surface area contributed by atoms with Gasteiger partial charge in [-0.05, 0) is 24.6 Å². The summed E-state index contributed by atoms with van der Waals surface area (Å²) in [6.07, 6.45) is 0. The molecule has 0 saturated heterocycles. The Balaban J connectivity index is 2.86. The number of nitrogens with zero attached hydrogens (tertiary/aromatic N) is 1. The van der Waals surface area contributed by atoms with Crippen molar-refractivity contribution < 1.29 is 4.74 Å². The number of ether oxygens (including phenoxy) is 1. The molecule has 0 unspecified atom stereocenters. The minimum Gasteiger partial charge on any atom is -0.497 e. The predicted molar refractivity (Wildman–Crippen MR) is 47.0 cm³/mol. The molecule has 0 bridgehead atoms. The highest BCUT2D eigenvalue weighted by Gasteiger charge is 2.02. The summed E-state index contributed by atoms with van der Waals surface area (Å²) in [6.45, 7) is 1.88. The molecule has 0 heterocycles. The zero-order valence-corrected chi connectivity index (χ0v) is 7.24. The predicted octanol–water partition coefficient (Wildman–Crippen LogP) is 2.32. The number of benzene rings is 1. The molecule has 1 rings (SSSR count). The highest BCUT2D eigenvalue weighted by Crippen LogP contribution is 2.17. The molecule has 62 valence electrons. The van der Waals surface area contributed by atoms with Crippen LogP contribution in [-0.4, -0.2) is 7.11 Å². The van der Waals surface area contributed by atoms with Gasteiger partial charge in [0.15, 0.2) is 0 Å². The molecule has 0 N–H and O–H groups in total. The van der Waals surface area contributed by atoms with Gasteiger partial charge in [-0.25, -0.2) is 0 Å². The Labute approximate surface area is 72.4 Å². The molecule has 0 fully saturated rings. The van der Waals surface area contributed by atoms with Gasteiger partial charge in [-0.2, -0.15) is 5.26 Å². The lowest BCUT2D eigenvalue weighted by Gasteiger charge is -2.03. The van der Waals surface area contributed by atoms with Crippen LogP contribution in [0.1, 0.15) is 18.4 Å². The number of nitriles is 1. The van der Waals surface area contributed by atoms with Gasteiger partial charge in [0.05, 0.1) is 19.1 Å². The van der Waals surface area contributed by atoms with Crippen LogP contribution in [0.25, 0.3) is 0 Å². The molecule has 0 aromatic heterocycles. The fraction of sp³-hybridized carbons (Fsp3) is 0.300. The van der Waals surface area contributed by atoms with Gasteiger partial charge >= 0.3 is 0 Å². The molecular weight excluding hydrogens is 150 g/mol. The maximum atomic E-state index is 8.63. The first-order chi connectivity index (χ1) is 5.77. The van der Waals surface area contributed by atoms with E-state index in [9.17, 15) is 0 Å². The van der Waals surface area contributed by atoms with Crippen LogP contribution in [0, 0.1) is 11.3 Å². The third kappa shape index (κ3) is 1.76. The summed E-state index contributed by atoms with van der Waals surface area (Å²) in [4.78, 5) is 0. The zero-order valence-electron chi connectivity index (χ0n) is 7.24. The maximum absolute atomic E-state index is 8.63. The third-order valence-electron chi connectivity index (χ3n) is 1.81. The van der Waals surface area contributed by atoms with E-state index in [1.807, 2.05) is 31.2 Å². The summed E-state index contributed by atoms with van der Waals surface area (Å²) in [7, 11) is 1.63. The van der Waals surface area contributed by atoms with Gasteiger partial charge in [0.2, 0.25) is 0 Å². The Morgan fingerprint density at radius 3 is 2.33 bits per heavy atom. The average molecular weight is 161 g/mol. The van der Waals surface area contributed by atoms with E-state index >= 15 is 0 Å². The minimum absolute atomic E-state index is 0.0455. The summed E-state index contributed by atoms with van der Waals surface area (Å²) in [6, 6.07) is 9.73. The molecule has 2 heteroatoms. The van der Waals surface area contributed by atoms with Gasteiger partial charge in [0.25, 0.3) is 0 Å². The molecular formula is C10H11NO. The molecule has 2 nitrogen and oxygen atoms in total. The van der Waals surface area contributed by atoms with Crippen molar-refractivity contribution in [2.45, 2.75) is 12.8 Å². The fourth-order valence-electron chi connectivity index (χ4n) is 0.967. The lowest BCUT2D eigenvalue weighted by Crippen LogP contribution is -1.89. The highest BCUT2D eigenvalue weighted by atomic mass is 16.5. The number of rotatable bonds is 2. The number of methoxy groups -OCH3 is 1. The van der Waals surface area contributed by atoms with E-state index in [2.05, 4.69) is 6.07 Å². The lowest BCUT2D eigenvalue weighted by molar-refractivity contribution is 0.414. The van der Waals surface area contributed by atoms with Crippen LogP contribution in [0.5, 0.6) is 5.75 Å². The second kappa shape index (κ2) is 3.77. The van der Waals surface area contributed by atoms with Crippen molar-refractivity contribution in [2.75, 3.05) is 7.11 Å². The first kappa shape index (κ1) is 8.61. The summed E-state index contributed by atoms with van der Waals surface area (Å²) < 4.78 is 5.00. The smallest absolute Gasteiger partial charge is 0.118 e. The summed E-state index contributed by atoms with van der Waals surface area (Å²) >= 11 is 0. The van der Waals surface area contributed by atoms with E-state index < -0.39 is 0 Å². The van der Waals surface area contributed by atoms with Crippen molar-refractivity contribution in [3.63, 3.8) is 0 Å². The van der Waals surface area contributed by atoms with Crippen molar-refractivity contribution in [1.82, 2.24) is 0 Å². The molecule has 1 aromatic rings. The highest BCUT2D eigenvalue weighted by molar-refractivity contribution is 5.31. The first-order valence-electron chi connectivity index (χ1n) is 3.81. The standard InChI is InChI=1S/C10H11NO/c1-8(7-11)9-3-5-10(12-2)6-4-9/h3-6,8H,1-2H3/t8-/m0/s1. The second-order valence-electron chi connectivity index (χ2n) is 2.62. The van der Waals surface area contributed by atoms with Crippen molar-refractivity contribution >= 4 is 0 Å². The molecule has 0 amide bonds. The van der Waals surface area contributed by atoms with Crippen LogP contribution in [0.2, 0.25) is 0 Å². The average Bonchev–Trinajstić information content (AvgIpc) is 2.17. The Bertz CT molecular complexity index is 284. The van der Waals surface area contributed by atoms with Crippen LogP contribution in [0.3, 0.4) is 0 Å². The normalized spacial score (nSPS) is 11.8. The van der Waals surface area contributed by atoms with Crippen LogP contribution in [0.4, 0.5) is 0 Å². The quantitative estimate of drug-likeness (QED) is 0.666. The van der Waals surface area contributed by atoms with Gasteiger partial charge in [0, 0.05) is 0 Å². The van der Waals surface area contributed by atoms with Crippen molar-refractivity contribution in [3.8, 4) is 11.8 Å². The molecule has 0 aliphatic heterocycles. The Kier molecular flexibility index (Phi) is 2.71. The fourth-order valence-corrected chi connectivity index (χ4v) is 0.967. The monoisotopic (exact) mass is 161 g/mol. The maximum Gasteiger partial charge on any atom is 0.118 e. The van der Waals surface area contributed by atoms with Crippen molar-refractivity contribution in [3.05, 3.63) is 29.8 Å². The van der Waals surface area contributed by atoms with E-state index in [1.54, 1.807) is 7.11 Å². The van der Waals surface area contributed by atoms with Crippen LogP contribution >= 0.6 is 0 Å². The SMILES string of the molecule is COc1ccc([C@@H](C)C#N)cc1. The van der Waals surface area contributed by atoms with Crippen LogP contribution in [-0.2, 0) is 0 Å². The largest absolute Gasteiger partial charge is 0.497 e. The van der Waals surface area contributed by atoms with E-state index in [-0.39, 0.29) is 5.92 Å². The van der Waals surface area contributed by atoms with E-state index in [0.717, 1.165) is 11.3 Å². The molecule has 1 atom stereocenters. The van der Waals surface area contributed by atoms with Gasteiger partial charge in [-0.3, -0.25) is 0 Å². The van der Waals surface area contributed by atoms with Gasteiger partial charge in [-0.15, -0.1) is 0 Å². The Hall–Kier alpha value is -1.49. The molecule has 12 heavy (non-hydrogen) atoms. The van der Waals surface area contributed by atoms with E-state index in [4.69, 9.17) is 10.00 Å². The molecule has 0 saturated carbocycles. The molecule has 0 spiro atoms. The second-order valence-corrected chi connectivity index (χ2v) is 2.62. The van der Waals surface area contributed by atoms with Gasteiger partial charge in [-0.1, -0.05) is 12.1 Å². The van der Waals surface area contributed by atoms with E-state index in [0.29, 0.717) is 0 Å². The zero-order chi connectivity index (χ0) is 8.97. The lowest BCUT2D eigenvalue weighted by atomic mass is 10.0. The number of hydrogen-bond acceptors (Lipinski definition) is 2. The molecule has 0 aliphatic rings. The van der Waals surface area contributed by atoms with Gasteiger partial charge < -0.3 is 4.74 Å². The Morgan fingerprint density at radius 2 is 1.92 bits per heavy atom.